The van der Waals surface area contributed by atoms with Crippen LogP contribution in [0.1, 0.15) is 37.7 Å². The molecular weight excluding hydrogens is 278 g/mol. The van der Waals surface area contributed by atoms with Gasteiger partial charge in [0.05, 0.1) is 18.4 Å². The summed E-state index contributed by atoms with van der Waals surface area (Å²) in [5.41, 5.74) is 0.264. The Labute approximate surface area is 123 Å². The summed E-state index contributed by atoms with van der Waals surface area (Å²) >= 11 is 5.89. The third-order valence-electron chi connectivity index (χ3n) is 3.71. The molecule has 0 radical (unpaired) electrons. The van der Waals surface area contributed by atoms with Gasteiger partial charge >= 0.3 is 5.97 Å². The predicted molar refractivity (Wildman–Crippen MR) is 76.8 cm³/mol. The topological polar surface area (TPSA) is 66.4 Å². The first-order valence-corrected chi connectivity index (χ1v) is 7.14. The highest BCUT2D eigenvalue weighted by atomic mass is 35.5. The van der Waals surface area contributed by atoms with E-state index in [0.717, 1.165) is 31.2 Å². The van der Waals surface area contributed by atoms with Crippen molar-refractivity contribution < 1.29 is 14.7 Å². The van der Waals surface area contributed by atoms with Crippen molar-refractivity contribution in [2.24, 2.45) is 0 Å². The van der Waals surface area contributed by atoms with Crippen molar-refractivity contribution in [2.75, 3.05) is 0 Å². The standard InChI is InChI=1S/C15H18ClNO3/c16-12-5-3-4-11(8-12)9-13(18)17-15(10-14(19)20)6-1-2-7-15/h3-5,8H,1-2,6-7,9-10H2,(H,17,18)(H,19,20). The van der Waals surface area contributed by atoms with Gasteiger partial charge in [-0.15, -0.1) is 0 Å². The molecule has 1 amide bonds. The normalized spacial score (nSPS) is 16.9. The van der Waals surface area contributed by atoms with Gasteiger partial charge in [0.1, 0.15) is 0 Å². The number of carbonyl (C=O) groups excluding carboxylic acids is 1. The van der Waals surface area contributed by atoms with Gasteiger partial charge in [-0.25, -0.2) is 0 Å². The van der Waals surface area contributed by atoms with E-state index in [0.29, 0.717) is 5.02 Å². The second-order valence-electron chi connectivity index (χ2n) is 5.41. The molecule has 20 heavy (non-hydrogen) atoms. The lowest BCUT2D eigenvalue weighted by Gasteiger charge is -2.28. The lowest BCUT2D eigenvalue weighted by Crippen LogP contribution is -2.48. The van der Waals surface area contributed by atoms with Crippen LogP contribution in [0.15, 0.2) is 24.3 Å². The smallest absolute Gasteiger partial charge is 0.305 e. The van der Waals surface area contributed by atoms with E-state index in [4.69, 9.17) is 16.7 Å². The van der Waals surface area contributed by atoms with Crippen molar-refractivity contribution in [1.82, 2.24) is 5.32 Å². The van der Waals surface area contributed by atoms with Crippen LogP contribution in [0.5, 0.6) is 0 Å². The molecule has 1 saturated carbocycles. The van der Waals surface area contributed by atoms with Gasteiger partial charge in [-0.05, 0) is 30.5 Å². The van der Waals surface area contributed by atoms with Crippen molar-refractivity contribution in [3.05, 3.63) is 34.9 Å². The summed E-state index contributed by atoms with van der Waals surface area (Å²) in [7, 11) is 0. The second-order valence-corrected chi connectivity index (χ2v) is 5.85. The monoisotopic (exact) mass is 295 g/mol. The summed E-state index contributed by atoms with van der Waals surface area (Å²) in [4.78, 5) is 23.1. The number of amides is 1. The molecule has 0 aliphatic heterocycles. The number of aliphatic carboxylic acids is 1. The van der Waals surface area contributed by atoms with Gasteiger partial charge in [0, 0.05) is 5.02 Å². The van der Waals surface area contributed by atoms with Crippen LogP contribution in [-0.4, -0.2) is 22.5 Å². The molecule has 1 aliphatic rings. The number of nitrogens with one attached hydrogen (secondary N) is 1. The summed E-state index contributed by atoms with van der Waals surface area (Å²) in [6.07, 6.45) is 3.62. The SMILES string of the molecule is O=C(O)CC1(NC(=O)Cc2cccc(Cl)c2)CCCC1. The number of rotatable bonds is 5. The number of halogens is 1. The van der Waals surface area contributed by atoms with Crippen LogP contribution in [-0.2, 0) is 16.0 Å². The zero-order valence-corrected chi connectivity index (χ0v) is 11.9. The van der Waals surface area contributed by atoms with Crippen LogP contribution >= 0.6 is 11.6 Å². The van der Waals surface area contributed by atoms with Crippen LogP contribution in [0.25, 0.3) is 0 Å². The average Bonchev–Trinajstić information content (AvgIpc) is 2.75. The molecule has 0 atom stereocenters. The van der Waals surface area contributed by atoms with E-state index in [1.807, 2.05) is 6.07 Å². The first kappa shape index (κ1) is 14.9. The minimum atomic E-state index is -0.866. The molecular formula is C15H18ClNO3. The van der Waals surface area contributed by atoms with Gasteiger partial charge in [0.2, 0.25) is 5.91 Å². The molecule has 0 saturated heterocycles. The van der Waals surface area contributed by atoms with Crippen LogP contribution < -0.4 is 5.32 Å². The molecule has 0 spiro atoms. The third kappa shape index (κ3) is 3.97. The predicted octanol–water partition coefficient (Wildman–Crippen LogP) is 2.79. The number of carbonyl (C=O) groups is 2. The first-order chi connectivity index (χ1) is 9.49. The highest BCUT2D eigenvalue weighted by molar-refractivity contribution is 6.30. The fraction of sp³-hybridized carbons (Fsp3) is 0.467. The van der Waals surface area contributed by atoms with Crippen molar-refractivity contribution in [1.29, 1.82) is 0 Å². The van der Waals surface area contributed by atoms with Crippen molar-refractivity contribution in [3.63, 3.8) is 0 Å². The molecule has 1 fully saturated rings. The zero-order valence-electron chi connectivity index (χ0n) is 11.2. The second kappa shape index (κ2) is 6.27. The number of benzene rings is 1. The largest absolute Gasteiger partial charge is 0.481 e. The first-order valence-electron chi connectivity index (χ1n) is 6.76. The molecule has 0 bridgehead atoms. The van der Waals surface area contributed by atoms with E-state index >= 15 is 0 Å². The molecule has 1 aliphatic carbocycles. The average molecular weight is 296 g/mol. The zero-order chi connectivity index (χ0) is 14.6. The maximum absolute atomic E-state index is 12.1. The maximum Gasteiger partial charge on any atom is 0.305 e. The molecule has 0 unspecified atom stereocenters. The Morgan fingerprint density at radius 1 is 1.30 bits per heavy atom. The van der Waals surface area contributed by atoms with Gasteiger partial charge in [-0.3, -0.25) is 9.59 Å². The van der Waals surface area contributed by atoms with Crippen LogP contribution in [0, 0.1) is 0 Å². The highest BCUT2D eigenvalue weighted by Gasteiger charge is 2.37. The minimum Gasteiger partial charge on any atom is -0.481 e. The maximum atomic E-state index is 12.1. The fourth-order valence-electron chi connectivity index (χ4n) is 2.86. The highest BCUT2D eigenvalue weighted by Crippen LogP contribution is 2.32. The molecule has 108 valence electrons. The molecule has 2 rings (SSSR count). The Bertz CT molecular complexity index is 510. The Morgan fingerprint density at radius 2 is 2.00 bits per heavy atom. The fourth-order valence-corrected chi connectivity index (χ4v) is 3.07. The Balaban J connectivity index is 2.00. The molecule has 2 N–H and O–H groups in total. The van der Waals surface area contributed by atoms with E-state index in [-0.39, 0.29) is 18.7 Å². The lowest BCUT2D eigenvalue weighted by molar-refractivity contribution is -0.139. The number of hydrogen-bond donors (Lipinski definition) is 2. The van der Waals surface area contributed by atoms with Crippen molar-refractivity contribution >= 4 is 23.5 Å². The van der Waals surface area contributed by atoms with E-state index in [1.165, 1.54) is 0 Å². The molecule has 1 aromatic rings. The number of carboxylic acid groups (broad SMARTS) is 1. The third-order valence-corrected chi connectivity index (χ3v) is 3.94. The minimum absolute atomic E-state index is 0.00567. The van der Waals surface area contributed by atoms with Gasteiger partial charge < -0.3 is 10.4 Å². The van der Waals surface area contributed by atoms with Gasteiger partial charge in [0.25, 0.3) is 0 Å². The Morgan fingerprint density at radius 3 is 2.60 bits per heavy atom. The van der Waals surface area contributed by atoms with E-state index in [2.05, 4.69) is 5.32 Å². The quantitative estimate of drug-likeness (QED) is 0.878. The summed E-state index contributed by atoms with van der Waals surface area (Å²) in [6, 6.07) is 7.14. The van der Waals surface area contributed by atoms with Crippen LogP contribution in [0.4, 0.5) is 0 Å². The van der Waals surface area contributed by atoms with Crippen molar-refractivity contribution in [3.8, 4) is 0 Å². The Hall–Kier alpha value is -1.55. The molecule has 1 aromatic carbocycles. The number of hydrogen-bond acceptors (Lipinski definition) is 2. The van der Waals surface area contributed by atoms with Gasteiger partial charge in [-0.2, -0.15) is 0 Å². The molecule has 4 nitrogen and oxygen atoms in total. The Kier molecular flexibility index (Phi) is 4.65. The molecule has 0 heterocycles. The van der Waals surface area contributed by atoms with E-state index < -0.39 is 11.5 Å². The lowest BCUT2D eigenvalue weighted by atomic mass is 9.92. The summed E-state index contributed by atoms with van der Waals surface area (Å²) < 4.78 is 0. The van der Waals surface area contributed by atoms with Gasteiger partial charge in [0.15, 0.2) is 0 Å². The summed E-state index contributed by atoms with van der Waals surface area (Å²) in [5, 5.41) is 12.5. The van der Waals surface area contributed by atoms with Crippen LogP contribution in [0.3, 0.4) is 0 Å². The van der Waals surface area contributed by atoms with E-state index in [1.54, 1.807) is 18.2 Å². The van der Waals surface area contributed by atoms with E-state index in [9.17, 15) is 9.59 Å². The molecule has 5 heteroatoms. The summed E-state index contributed by atoms with van der Waals surface area (Å²) in [5.74, 6) is -1.01. The molecule has 0 aromatic heterocycles. The summed E-state index contributed by atoms with van der Waals surface area (Å²) in [6.45, 7) is 0. The van der Waals surface area contributed by atoms with Crippen LogP contribution in [0.2, 0.25) is 5.02 Å². The van der Waals surface area contributed by atoms with Crippen molar-refractivity contribution in [2.45, 2.75) is 44.1 Å². The number of carboxylic acids is 1. The van der Waals surface area contributed by atoms with Gasteiger partial charge in [-0.1, -0.05) is 36.6 Å².